The number of thiazole rings is 1. The summed E-state index contributed by atoms with van der Waals surface area (Å²) in [5.74, 6) is -2.26. The zero-order valence-electron chi connectivity index (χ0n) is 46.1. The molecule has 0 radical (unpaired) electrons. The van der Waals surface area contributed by atoms with E-state index < -0.39 is 58.7 Å². The summed E-state index contributed by atoms with van der Waals surface area (Å²) in [4.78, 5) is 84.6. The Hall–Kier alpha value is -9.03. The number of oxime groups is 1. The number of esters is 2. The van der Waals surface area contributed by atoms with Crippen LogP contribution in [-0.4, -0.2) is 68.2 Å². The van der Waals surface area contributed by atoms with Crippen molar-refractivity contribution in [1.29, 1.82) is 0 Å². The average molecular weight is 1170 g/mol. The van der Waals surface area contributed by atoms with Gasteiger partial charge in [-0.15, -0.1) is 23.1 Å². The number of anilines is 1. The van der Waals surface area contributed by atoms with Crippen LogP contribution in [-0.2, 0) is 43.8 Å². The van der Waals surface area contributed by atoms with E-state index in [1.165, 1.54) is 28.4 Å². The molecule has 2 atom stereocenters. The van der Waals surface area contributed by atoms with Gasteiger partial charge in [0.2, 0.25) is 5.60 Å². The molecule has 0 spiro atoms. The van der Waals surface area contributed by atoms with Crippen LogP contribution in [0.1, 0.15) is 90.5 Å². The van der Waals surface area contributed by atoms with Crippen LogP contribution < -0.4 is 10.6 Å². The normalized spacial score (nSPS) is 15.3. The van der Waals surface area contributed by atoms with Gasteiger partial charge in [-0.05, 0) is 54.9 Å². The average Bonchev–Trinajstić information content (AvgIpc) is 1.15. The van der Waals surface area contributed by atoms with Crippen molar-refractivity contribution in [3.63, 3.8) is 0 Å². The number of nitrogens with zero attached hydrogens (tertiary/aromatic N) is 3. The van der Waals surface area contributed by atoms with E-state index in [-0.39, 0.29) is 40.4 Å². The lowest BCUT2D eigenvalue weighted by atomic mass is 9.80. The summed E-state index contributed by atoms with van der Waals surface area (Å²) in [6.07, 6.45) is 0.0797. The van der Waals surface area contributed by atoms with Crippen molar-refractivity contribution < 1.29 is 43.0 Å². The number of allylic oxidation sites excluding steroid dienone is 1. The molecule has 10 rings (SSSR count). The number of hydrogen-bond donors (Lipinski definition) is 2. The predicted molar refractivity (Wildman–Crippen MR) is 328 cm³/mol. The van der Waals surface area contributed by atoms with Gasteiger partial charge in [0.15, 0.2) is 23.1 Å². The van der Waals surface area contributed by atoms with Crippen LogP contribution in [0, 0.1) is 0 Å². The van der Waals surface area contributed by atoms with E-state index >= 15 is 4.79 Å². The molecule has 0 aliphatic carbocycles. The third-order valence-corrected chi connectivity index (χ3v) is 16.7. The summed E-state index contributed by atoms with van der Waals surface area (Å²) in [6, 6.07) is 65.1. The van der Waals surface area contributed by atoms with Crippen molar-refractivity contribution in [3.05, 3.63) is 284 Å². The zero-order chi connectivity index (χ0) is 58.5. The van der Waals surface area contributed by atoms with Gasteiger partial charge in [0, 0.05) is 39.1 Å². The van der Waals surface area contributed by atoms with Gasteiger partial charge in [-0.25, -0.2) is 14.6 Å². The number of thioether (sulfide) groups is 2. The molecule has 7 aromatic carbocycles. The third-order valence-electron chi connectivity index (χ3n) is 13.5. The molecular formula is C67H59N5O9S3. The Balaban J connectivity index is 0.945. The van der Waals surface area contributed by atoms with E-state index in [0.717, 1.165) is 33.6 Å². The number of nitrogens with one attached hydrogen (secondary N) is 2. The summed E-state index contributed by atoms with van der Waals surface area (Å²) in [7, 11) is 0. The first-order chi connectivity index (χ1) is 40.9. The molecule has 1 aromatic heterocycles. The molecule has 0 bridgehead atoms. The minimum Gasteiger partial charge on any atom is -0.453 e. The highest BCUT2D eigenvalue weighted by Crippen LogP contribution is 2.46. The number of ether oxygens (including phenoxy) is 3. The fourth-order valence-corrected chi connectivity index (χ4v) is 12.7. The Labute approximate surface area is 500 Å². The summed E-state index contributed by atoms with van der Waals surface area (Å²) in [5.41, 5.74) is 2.80. The van der Waals surface area contributed by atoms with Crippen LogP contribution in [0.3, 0.4) is 0 Å². The van der Waals surface area contributed by atoms with E-state index in [9.17, 15) is 19.2 Å². The number of aromatic nitrogens is 1. The monoisotopic (exact) mass is 1170 g/mol. The lowest BCUT2D eigenvalue weighted by Gasteiger charge is -2.49. The molecule has 1 saturated heterocycles. The second-order valence-corrected chi connectivity index (χ2v) is 23.4. The van der Waals surface area contributed by atoms with Gasteiger partial charge in [-0.2, -0.15) is 0 Å². The second kappa shape index (κ2) is 26.9. The number of benzene rings is 7. The van der Waals surface area contributed by atoms with Crippen LogP contribution in [0.15, 0.2) is 245 Å². The zero-order valence-corrected chi connectivity index (χ0v) is 48.6. The molecule has 84 heavy (non-hydrogen) atoms. The fourth-order valence-electron chi connectivity index (χ4n) is 9.63. The van der Waals surface area contributed by atoms with Gasteiger partial charge in [0.05, 0.1) is 0 Å². The number of β-lactam (4-membered cyclic amide) rings is 1. The summed E-state index contributed by atoms with van der Waals surface area (Å²) >= 11 is 3.65. The van der Waals surface area contributed by atoms with Crippen LogP contribution in [0.4, 0.5) is 9.93 Å². The van der Waals surface area contributed by atoms with Crippen LogP contribution in [0.25, 0.3) is 0 Å². The first kappa shape index (κ1) is 58.2. The first-order valence-corrected chi connectivity index (χ1v) is 30.0. The molecule has 14 nitrogen and oxygen atoms in total. The Bertz CT molecular complexity index is 3490. The van der Waals surface area contributed by atoms with Crippen molar-refractivity contribution in [2.24, 2.45) is 5.16 Å². The largest absolute Gasteiger partial charge is 0.453 e. The fraction of sp³-hybridized carbons (Fsp3) is 0.179. The Morgan fingerprint density at radius 3 is 1.62 bits per heavy atom. The Kier molecular flexibility index (Phi) is 18.6. The number of rotatable bonds is 21. The highest BCUT2D eigenvalue weighted by molar-refractivity contribution is 8.08. The van der Waals surface area contributed by atoms with Crippen molar-refractivity contribution in [3.8, 4) is 0 Å². The minimum absolute atomic E-state index is 0.0293. The molecule has 424 valence electrons. The van der Waals surface area contributed by atoms with Gasteiger partial charge < -0.3 is 24.4 Å². The second-order valence-electron chi connectivity index (χ2n) is 20.4. The number of carbonyl (C=O) groups is 5. The van der Waals surface area contributed by atoms with Crippen molar-refractivity contribution >= 4 is 75.6 Å². The molecule has 1 fully saturated rings. The topological polar surface area (TPSA) is 175 Å². The van der Waals surface area contributed by atoms with Crippen molar-refractivity contribution in [2.75, 3.05) is 11.1 Å². The number of fused-ring (bicyclic) bond motifs is 1. The Morgan fingerprint density at radius 2 is 1.14 bits per heavy atom. The molecule has 3 heterocycles. The minimum atomic E-state index is -1.41. The lowest BCUT2D eigenvalue weighted by Crippen LogP contribution is -2.71. The molecular weight excluding hydrogens is 1110 g/mol. The smallest absolute Gasteiger partial charge is 0.413 e. The molecule has 2 N–H and O–H groups in total. The molecule has 2 aliphatic heterocycles. The molecule has 8 aromatic rings. The van der Waals surface area contributed by atoms with Crippen LogP contribution in [0.2, 0.25) is 0 Å². The van der Waals surface area contributed by atoms with E-state index in [1.807, 2.05) is 218 Å². The van der Waals surface area contributed by atoms with Gasteiger partial charge in [0.1, 0.15) is 28.4 Å². The van der Waals surface area contributed by atoms with Crippen LogP contribution in [0.5, 0.6) is 0 Å². The van der Waals surface area contributed by atoms with E-state index in [2.05, 4.69) is 20.8 Å². The molecule has 17 heteroatoms. The molecule has 3 amide bonds. The van der Waals surface area contributed by atoms with Gasteiger partial charge in [-0.1, -0.05) is 235 Å². The van der Waals surface area contributed by atoms with E-state index in [0.29, 0.717) is 28.0 Å². The number of hydrogen-bond acceptors (Lipinski definition) is 14. The van der Waals surface area contributed by atoms with Gasteiger partial charge >= 0.3 is 18.0 Å². The maximum atomic E-state index is 15.1. The predicted octanol–water partition coefficient (Wildman–Crippen LogP) is 13.5. The highest BCUT2D eigenvalue weighted by Gasteiger charge is 2.55. The number of carbonyl (C=O) groups excluding carboxylic acids is 5. The summed E-state index contributed by atoms with van der Waals surface area (Å²) in [6.45, 7) is 5.21. The quantitative estimate of drug-likeness (QED) is 0.0174. The maximum absolute atomic E-state index is 15.1. The molecule has 1 unspecified atom stereocenters. The SMILES string of the molecule is CC(C)(C)OC(=O)Nc1nc(/C(=N/OC(c2ccccc2)(c2ccccc2)c2ccccc2)C(=O)NC2C(=O)N3C(C(=O)OC(c4ccccc4)c4ccccc4)=C(S/C=C\CCC(=O)OC(c4ccccc4)c4ccccc4)CS[C@H]23)cs1. The van der Waals surface area contributed by atoms with Gasteiger partial charge in [0.25, 0.3) is 11.8 Å². The summed E-state index contributed by atoms with van der Waals surface area (Å²) in [5, 5.41) is 12.9. The number of amides is 3. The third kappa shape index (κ3) is 13.7. The lowest BCUT2D eigenvalue weighted by molar-refractivity contribution is -0.154. The Morgan fingerprint density at radius 1 is 0.679 bits per heavy atom. The molecule has 0 saturated carbocycles. The standard InChI is InChI=1S/C67H59N5O9S3/c1-66(2,3)80-65(77)70-64-68-52(43-84-64)55(71-81-67(49-35-19-8-20-36-49,50-37-21-9-22-38-50)51-39-23-10-24-40-51)60(74)69-56-61(75)72-57(63(76)79-59(47-31-15-6-16-32-47)48-33-17-7-18-34-48)53(44-83-62(56)72)82-42-26-25-41-54(73)78-58(45-27-11-4-12-28-45)46-29-13-5-14-30-46/h4-24,26-40,42-43,56,58-59,62H,25,41,44H2,1-3H3,(H,69,74)(H,68,70,77)/b42-26-,71-55-/t56?,62-/m1/s1. The van der Waals surface area contributed by atoms with E-state index in [4.69, 9.17) is 19.0 Å². The van der Waals surface area contributed by atoms with Gasteiger partial charge in [-0.3, -0.25) is 24.6 Å². The van der Waals surface area contributed by atoms with Crippen molar-refractivity contribution in [2.45, 2.75) is 68.4 Å². The highest BCUT2D eigenvalue weighted by atomic mass is 32.2. The maximum Gasteiger partial charge on any atom is 0.413 e. The summed E-state index contributed by atoms with van der Waals surface area (Å²) < 4.78 is 18.0. The van der Waals surface area contributed by atoms with Crippen molar-refractivity contribution in [1.82, 2.24) is 15.2 Å². The van der Waals surface area contributed by atoms with Crippen LogP contribution >= 0.6 is 34.9 Å². The molecule has 2 aliphatic rings. The van der Waals surface area contributed by atoms with E-state index in [1.54, 1.807) is 31.6 Å². The first-order valence-electron chi connectivity index (χ1n) is 27.2.